The Labute approximate surface area is 116 Å². The lowest BCUT2D eigenvalue weighted by molar-refractivity contribution is 0.0696. The van der Waals surface area contributed by atoms with Crippen LogP contribution in [0.1, 0.15) is 56.0 Å². The molecule has 0 heterocycles. The third-order valence-electron chi connectivity index (χ3n) is 3.25. The van der Waals surface area contributed by atoms with Crippen LogP contribution in [0.3, 0.4) is 0 Å². The van der Waals surface area contributed by atoms with Gasteiger partial charge in [-0.2, -0.15) is 0 Å². The Morgan fingerprint density at radius 3 is 2.63 bits per heavy atom. The first-order chi connectivity index (χ1) is 8.99. The number of aromatic carboxylic acids is 1. The van der Waals surface area contributed by atoms with Gasteiger partial charge in [0.25, 0.3) is 0 Å². The van der Waals surface area contributed by atoms with E-state index < -0.39 is 5.97 Å². The van der Waals surface area contributed by atoms with Crippen molar-refractivity contribution in [3.63, 3.8) is 0 Å². The lowest BCUT2D eigenvalue weighted by atomic mass is 10.0. The highest BCUT2D eigenvalue weighted by Crippen LogP contribution is 2.09. The quantitative estimate of drug-likeness (QED) is 0.752. The van der Waals surface area contributed by atoms with E-state index in [1.165, 1.54) is 12.8 Å². The molecule has 0 bridgehead atoms. The molecule has 19 heavy (non-hydrogen) atoms. The number of rotatable bonds is 8. The van der Waals surface area contributed by atoms with Crippen LogP contribution in [-0.2, 0) is 6.54 Å². The summed E-state index contributed by atoms with van der Waals surface area (Å²) in [6.07, 6.45) is 3.66. The highest BCUT2D eigenvalue weighted by atomic mass is 16.4. The van der Waals surface area contributed by atoms with E-state index in [2.05, 4.69) is 26.1 Å². The van der Waals surface area contributed by atoms with Crippen molar-refractivity contribution >= 4 is 5.97 Å². The van der Waals surface area contributed by atoms with E-state index in [1.807, 2.05) is 6.07 Å². The molecule has 0 fully saturated rings. The zero-order valence-corrected chi connectivity index (χ0v) is 12.1. The fourth-order valence-electron chi connectivity index (χ4n) is 2.04. The molecule has 3 nitrogen and oxygen atoms in total. The summed E-state index contributed by atoms with van der Waals surface area (Å²) in [5.41, 5.74) is 1.38. The summed E-state index contributed by atoms with van der Waals surface area (Å²) in [6.45, 7) is 7.40. The zero-order chi connectivity index (χ0) is 14.3. The average molecular weight is 263 g/mol. The molecule has 1 atom stereocenters. The molecule has 0 radical (unpaired) electrons. The molecule has 1 unspecified atom stereocenters. The highest BCUT2D eigenvalue weighted by Gasteiger charge is 2.05. The Hall–Kier alpha value is -1.35. The molecule has 0 saturated carbocycles. The second-order valence-corrected chi connectivity index (χ2v) is 5.61. The van der Waals surface area contributed by atoms with Crippen LogP contribution < -0.4 is 5.32 Å². The molecule has 3 heteroatoms. The SMILES string of the molecule is CC(C)CCCC(C)NCc1cccc(C(=O)O)c1. The van der Waals surface area contributed by atoms with Gasteiger partial charge < -0.3 is 10.4 Å². The maximum Gasteiger partial charge on any atom is 0.335 e. The van der Waals surface area contributed by atoms with E-state index in [0.29, 0.717) is 11.6 Å². The molecule has 0 aliphatic carbocycles. The fourth-order valence-corrected chi connectivity index (χ4v) is 2.04. The standard InChI is InChI=1S/C16H25NO2/c1-12(2)6-4-7-13(3)17-11-14-8-5-9-15(10-14)16(18)19/h5,8-10,12-13,17H,4,6-7,11H2,1-3H3,(H,18,19). The summed E-state index contributed by atoms with van der Waals surface area (Å²) < 4.78 is 0. The van der Waals surface area contributed by atoms with Crippen LogP contribution >= 0.6 is 0 Å². The molecule has 0 aliphatic rings. The minimum Gasteiger partial charge on any atom is -0.478 e. The van der Waals surface area contributed by atoms with Crippen LogP contribution in [0.15, 0.2) is 24.3 Å². The van der Waals surface area contributed by atoms with Crippen LogP contribution in [0.4, 0.5) is 0 Å². The molecule has 0 aliphatic heterocycles. The van der Waals surface area contributed by atoms with Gasteiger partial charge in [0.2, 0.25) is 0 Å². The molecule has 0 saturated heterocycles. The smallest absolute Gasteiger partial charge is 0.335 e. The van der Waals surface area contributed by atoms with Gasteiger partial charge in [-0.25, -0.2) is 4.79 Å². The van der Waals surface area contributed by atoms with Crippen molar-refractivity contribution in [1.29, 1.82) is 0 Å². The molecule has 0 aromatic heterocycles. The van der Waals surface area contributed by atoms with Gasteiger partial charge in [0.15, 0.2) is 0 Å². The van der Waals surface area contributed by atoms with Crippen molar-refractivity contribution in [2.75, 3.05) is 0 Å². The molecule has 1 rings (SSSR count). The summed E-state index contributed by atoms with van der Waals surface area (Å²) >= 11 is 0. The Bertz CT molecular complexity index is 401. The first-order valence-corrected chi connectivity index (χ1v) is 7.04. The van der Waals surface area contributed by atoms with Gasteiger partial charge in [-0.3, -0.25) is 0 Å². The Morgan fingerprint density at radius 1 is 1.26 bits per heavy atom. The number of hydrogen-bond acceptors (Lipinski definition) is 2. The van der Waals surface area contributed by atoms with Gasteiger partial charge in [0.05, 0.1) is 5.56 Å². The van der Waals surface area contributed by atoms with Crippen LogP contribution in [-0.4, -0.2) is 17.1 Å². The molecule has 0 amide bonds. The van der Waals surface area contributed by atoms with E-state index in [0.717, 1.165) is 24.4 Å². The zero-order valence-electron chi connectivity index (χ0n) is 12.1. The van der Waals surface area contributed by atoms with E-state index in [1.54, 1.807) is 18.2 Å². The fraction of sp³-hybridized carbons (Fsp3) is 0.562. The number of nitrogens with one attached hydrogen (secondary N) is 1. The molecule has 1 aromatic rings. The van der Waals surface area contributed by atoms with E-state index >= 15 is 0 Å². The molecular weight excluding hydrogens is 238 g/mol. The van der Waals surface area contributed by atoms with Crippen molar-refractivity contribution in [2.45, 2.75) is 52.6 Å². The second kappa shape index (κ2) is 7.95. The summed E-state index contributed by atoms with van der Waals surface area (Å²) in [7, 11) is 0. The Morgan fingerprint density at radius 2 is 2.00 bits per heavy atom. The van der Waals surface area contributed by atoms with E-state index in [9.17, 15) is 4.79 Å². The minimum absolute atomic E-state index is 0.353. The third-order valence-corrected chi connectivity index (χ3v) is 3.25. The second-order valence-electron chi connectivity index (χ2n) is 5.61. The summed E-state index contributed by atoms with van der Waals surface area (Å²) in [5, 5.41) is 12.4. The molecule has 0 spiro atoms. The third kappa shape index (κ3) is 6.39. The van der Waals surface area contributed by atoms with Crippen LogP contribution in [0, 0.1) is 5.92 Å². The molecule has 1 aromatic carbocycles. The largest absolute Gasteiger partial charge is 0.478 e. The van der Waals surface area contributed by atoms with Crippen molar-refractivity contribution < 1.29 is 9.90 Å². The summed E-state index contributed by atoms with van der Waals surface area (Å²) in [6, 6.07) is 7.57. The first kappa shape index (κ1) is 15.7. The number of hydrogen-bond donors (Lipinski definition) is 2. The van der Waals surface area contributed by atoms with Gasteiger partial charge in [0.1, 0.15) is 0 Å². The van der Waals surface area contributed by atoms with Gasteiger partial charge >= 0.3 is 5.97 Å². The van der Waals surface area contributed by atoms with Crippen LogP contribution in [0.2, 0.25) is 0 Å². The molecule has 106 valence electrons. The van der Waals surface area contributed by atoms with Crippen LogP contribution in [0.5, 0.6) is 0 Å². The summed E-state index contributed by atoms with van der Waals surface area (Å²) in [5.74, 6) is -0.105. The van der Waals surface area contributed by atoms with E-state index in [4.69, 9.17) is 5.11 Å². The van der Waals surface area contributed by atoms with Crippen molar-refractivity contribution in [2.24, 2.45) is 5.92 Å². The van der Waals surface area contributed by atoms with Crippen molar-refractivity contribution in [3.8, 4) is 0 Å². The first-order valence-electron chi connectivity index (χ1n) is 7.04. The number of benzene rings is 1. The Balaban J connectivity index is 2.35. The van der Waals surface area contributed by atoms with E-state index in [-0.39, 0.29) is 0 Å². The Kier molecular flexibility index (Phi) is 6.57. The molecule has 2 N–H and O–H groups in total. The van der Waals surface area contributed by atoms with Gasteiger partial charge in [-0.15, -0.1) is 0 Å². The number of carboxylic acid groups (broad SMARTS) is 1. The summed E-state index contributed by atoms with van der Waals surface area (Å²) in [4.78, 5) is 10.9. The number of carboxylic acids is 1. The minimum atomic E-state index is -0.869. The lowest BCUT2D eigenvalue weighted by Crippen LogP contribution is -2.25. The monoisotopic (exact) mass is 263 g/mol. The van der Waals surface area contributed by atoms with Crippen molar-refractivity contribution in [1.82, 2.24) is 5.32 Å². The van der Waals surface area contributed by atoms with Crippen LogP contribution in [0.25, 0.3) is 0 Å². The highest BCUT2D eigenvalue weighted by molar-refractivity contribution is 5.87. The molecular formula is C16H25NO2. The van der Waals surface area contributed by atoms with Gasteiger partial charge in [-0.05, 0) is 37.0 Å². The maximum atomic E-state index is 10.9. The predicted molar refractivity (Wildman–Crippen MR) is 78.4 cm³/mol. The predicted octanol–water partition coefficient (Wildman–Crippen LogP) is 3.69. The van der Waals surface area contributed by atoms with Crippen molar-refractivity contribution in [3.05, 3.63) is 35.4 Å². The topological polar surface area (TPSA) is 49.3 Å². The van der Waals surface area contributed by atoms with Gasteiger partial charge in [-0.1, -0.05) is 38.8 Å². The lowest BCUT2D eigenvalue weighted by Gasteiger charge is -2.14. The van der Waals surface area contributed by atoms with Gasteiger partial charge in [0, 0.05) is 12.6 Å². The normalized spacial score (nSPS) is 12.6. The maximum absolute atomic E-state index is 10.9. The average Bonchev–Trinajstić information content (AvgIpc) is 2.36. The number of carbonyl (C=O) groups is 1.